The molecule has 0 atom stereocenters. The van der Waals surface area contributed by atoms with Gasteiger partial charge in [-0.05, 0) is 54.3 Å². The molecular weight excluding hydrogens is 430 g/mol. The standard InChI is InChI=1S/C27H33N3O4/c1-4-28-27(33)24-10-9-23(22-15-21(18(2)3)25(31)16-26(22)32)30(24)20-7-5-19(6-8-20)17-29-11-13-34-14-12-29/h5-10,15-16,18,31-32H,4,11-14,17H2,1-3H3,(H,28,33). The van der Waals surface area contributed by atoms with Crippen molar-refractivity contribution in [2.75, 3.05) is 32.8 Å². The fraction of sp³-hybridized carbons (Fsp3) is 0.370. The zero-order valence-corrected chi connectivity index (χ0v) is 20.0. The van der Waals surface area contributed by atoms with Crippen molar-refractivity contribution < 1.29 is 19.7 Å². The summed E-state index contributed by atoms with van der Waals surface area (Å²) in [5.74, 6) is -0.0861. The molecule has 0 radical (unpaired) electrons. The number of rotatable bonds is 7. The number of aromatic nitrogens is 1. The zero-order chi connectivity index (χ0) is 24.2. The molecule has 1 saturated heterocycles. The molecule has 0 saturated carbocycles. The molecule has 7 nitrogen and oxygen atoms in total. The molecule has 2 heterocycles. The van der Waals surface area contributed by atoms with Gasteiger partial charge in [0.05, 0.1) is 18.9 Å². The monoisotopic (exact) mass is 463 g/mol. The average Bonchev–Trinajstić information content (AvgIpc) is 3.25. The predicted molar refractivity (Wildman–Crippen MR) is 133 cm³/mol. The summed E-state index contributed by atoms with van der Waals surface area (Å²) in [5.41, 5.74) is 4.48. The van der Waals surface area contributed by atoms with Crippen LogP contribution in [0.4, 0.5) is 0 Å². The maximum absolute atomic E-state index is 12.9. The summed E-state index contributed by atoms with van der Waals surface area (Å²) in [6, 6.07) is 14.9. The first kappa shape index (κ1) is 23.9. The first-order chi connectivity index (χ1) is 16.4. The van der Waals surface area contributed by atoms with E-state index in [1.165, 1.54) is 11.6 Å². The third-order valence-corrected chi connectivity index (χ3v) is 6.20. The van der Waals surface area contributed by atoms with Gasteiger partial charge in [-0.3, -0.25) is 9.69 Å². The van der Waals surface area contributed by atoms with Gasteiger partial charge < -0.3 is 24.8 Å². The largest absolute Gasteiger partial charge is 0.508 e. The molecule has 7 heteroatoms. The lowest BCUT2D eigenvalue weighted by Gasteiger charge is -2.26. The van der Waals surface area contributed by atoms with Gasteiger partial charge in [-0.1, -0.05) is 26.0 Å². The second-order valence-corrected chi connectivity index (χ2v) is 8.94. The SMILES string of the molecule is CCNC(=O)c1ccc(-c2cc(C(C)C)c(O)cc2O)n1-c1ccc(CN2CCOCC2)cc1. The molecule has 1 fully saturated rings. The molecule has 4 rings (SSSR count). The lowest BCUT2D eigenvalue weighted by molar-refractivity contribution is 0.0342. The number of phenols is 2. The van der Waals surface area contributed by atoms with Crippen molar-refractivity contribution in [3.05, 3.63) is 65.4 Å². The van der Waals surface area contributed by atoms with Gasteiger partial charge in [-0.25, -0.2) is 0 Å². The molecule has 34 heavy (non-hydrogen) atoms. The van der Waals surface area contributed by atoms with Gasteiger partial charge >= 0.3 is 0 Å². The van der Waals surface area contributed by atoms with Gasteiger partial charge in [-0.15, -0.1) is 0 Å². The minimum absolute atomic E-state index is 0.0346. The van der Waals surface area contributed by atoms with E-state index >= 15 is 0 Å². The molecule has 2 aromatic carbocycles. The number of hydrogen-bond donors (Lipinski definition) is 3. The molecule has 1 amide bonds. The fourth-order valence-electron chi connectivity index (χ4n) is 4.38. The quantitative estimate of drug-likeness (QED) is 0.487. The number of morpholine rings is 1. The van der Waals surface area contributed by atoms with Crippen molar-refractivity contribution in [2.24, 2.45) is 0 Å². The summed E-state index contributed by atoms with van der Waals surface area (Å²) in [6.07, 6.45) is 0. The van der Waals surface area contributed by atoms with Crippen molar-refractivity contribution in [1.29, 1.82) is 0 Å². The van der Waals surface area contributed by atoms with Crippen molar-refractivity contribution in [2.45, 2.75) is 33.2 Å². The maximum atomic E-state index is 12.9. The number of carbonyl (C=O) groups excluding carboxylic acids is 1. The fourth-order valence-corrected chi connectivity index (χ4v) is 4.38. The Morgan fingerprint density at radius 2 is 1.74 bits per heavy atom. The molecule has 0 unspecified atom stereocenters. The second kappa shape index (κ2) is 10.3. The summed E-state index contributed by atoms with van der Waals surface area (Å²) >= 11 is 0. The van der Waals surface area contributed by atoms with E-state index in [9.17, 15) is 15.0 Å². The van der Waals surface area contributed by atoms with E-state index in [4.69, 9.17) is 4.74 Å². The van der Waals surface area contributed by atoms with E-state index in [-0.39, 0.29) is 23.3 Å². The number of carbonyl (C=O) groups is 1. The predicted octanol–water partition coefficient (Wildman–Crippen LogP) is 4.26. The van der Waals surface area contributed by atoms with Crippen molar-refractivity contribution >= 4 is 5.91 Å². The highest BCUT2D eigenvalue weighted by atomic mass is 16.5. The van der Waals surface area contributed by atoms with Gasteiger partial charge in [0.25, 0.3) is 5.91 Å². The molecule has 1 aromatic heterocycles. The van der Waals surface area contributed by atoms with Gasteiger partial charge in [0.1, 0.15) is 17.2 Å². The van der Waals surface area contributed by atoms with Crippen LogP contribution in [-0.2, 0) is 11.3 Å². The number of aromatic hydroxyl groups is 2. The number of amides is 1. The average molecular weight is 464 g/mol. The molecular formula is C27H33N3O4. The van der Waals surface area contributed by atoms with Gasteiger partial charge in [0.15, 0.2) is 0 Å². The van der Waals surface area contributed by atoms with Crippen LogP contribution < -0.4 is 5.32 Å². The Morgan fingerprint density at radius 1 is 1.03 bits per heavy atom. The van der Waals surface area contributed by atoms with E-state index in [2.05, 4.69) is 22.3 Å². The molecule has 3 aromatic rings. The van der Waals surface area contributed by atoms with Crippen molar-refractivity contribution in [3.8, 4) is 28.4 Å². The van der Waals surface area contributed by atoms with Crippen LogP contribution in [-0.4, -0.2) is 58.4 Å². The third-order valence-electron chi connectivity index (χ3n) is 6.20. The lowest BCUT2D eigenvalue weighted by Crippen LogP contribution is -2.35. The highest BCUT2D eigenvalue weighted by molar-refractivity contribution is 5.95. The van der Waals surface area contributed by atoms with Crippen LogP contribution in [0.3, 0.4) is 0 Å². The number of nitrogens with one attached hydrogen (secondary N) is 1. The van der Waals surface area contributed by atoms with E-state index in [1.54, 1.807) is 12.1 Å². The Labute approximate surface area is 200 Å². The van der Waals surface area contributed by atoms with Crippen LogP contribution in [0.15, 0.2) is 48.5 Å². The Morgan fingerprint density at radius 3 is 2.38 bits per heavy atom. The maximum Gasteiger partial charge on any atom is 0.268 e. The van der Waals surface area contributed by atoms with Gasteiger partial charge in [0.2, 0.25) is 0 Å². The number of phenolic OH excluding ortho intramolecular Hbond substituents is 2. The number of nitrogens with zero attached hydrogens (tertiary/aromatic N) is 2. The Bertz CT molecular complexity index is 1150. The highest BCUT2D eigenvalue weighted by Gasteiger charge is 2.21. The van der Waals surface area contributed by atoms with Gasteiger partial charge in [-0.2, -0.15) is 0 Å². The summed E-state index contributed by atoms with van der Waals surface area (Å²) < 4.78 is 7.30. The van der Waals surface area contributed by atoms with E-state index in [1.807, 2.05) is 43.5 Å². The Balaban J connectivity index is 1.76. The summed E-state index contributed by atoms with van der Waals surface area (Å²) in [6.45, 7) is 10.6. The van der Waals surface area contributed by atoms with Crippen LogP contribution in [0.5, 0.6) is 11.5 Å². The molecule has 1 aliphatic heterocycles. The number of hydrogen-bond acceptors (Lipinski definition) is 5. The molecule has 0 spiro atoms. The van der Waals surface area contributed by atoms with Crippen LogP contribution in [0.1, 0.15) is 48.3 Å². The van der Waals surface area contributed by atoms with E-state index in [0.717, 1.165) is 44.1 Å². The summed E-state index contributed by atoms with van der Waals surface area (Å²) in [7, 11) is 0. The molecule has 3 N–H and O–H groups in total. The van der Waals surface area contributed by atoms with Crippen LogP contribution in [0.2, 0.25) is 0 Å². The zero-order valence-electron chi connectivity index (χ0n) is 20.0. The van der Waals surface area contributed by atoms with Crippen molar-refractivity contribution in [1.82, 2.24) is 14.8 Å². The minimum Gasteiger partial charge on any atom is -0.508 e. The smallest absolute Gasteiger partial charge is 0.268 e. The topological polar surface area (TPSA) is 87.0 Å². The van der Waals surface area contributed by atoms with Crippen LogP contribution in [0.25, 0.3) is 16.9 Å². The molecule has 180 valence electrons. The first-order valence-electron chi connectivity index (χ1n) is 11.8. The summed E-state index contributed by atoms with van der Waals surface area (Å²) in [5, 5.41) is 23.9. The number of benzene rings is 2. The van der Waals surface area contributed by atoms with Gasteiger partial charge in [0, 0.05) is 43.5 Å². The minimum atomic E-state index is -0.187. The Hall–Kier alpha value is -3.29. The third kappa shape index (κ3) is 4.95. The second-order valence-electron chi connectivity index (χ2n) is 8.94. The normalized spacial score (nSPS) is 14.5. The highest BCUT2D eigenvalue weighted by Crippen LogP contribution is 2.39. The number of ether oxygens (including phenoxy) is 1. The van der Waals surface area contributed by atoms with E-state index < -0.39 is 0 Å². The summed E-state index contributed by atoms with van der Waals surface area (Å²) in [4.78, 5) is 15.2. The molecule has 0 aliphatic carbocycles. The Kier molecular flexibility index (Phi) is 7.24. The first-order valence-corrected chi connectivity index (χ1v) is 11.8. The molecule has 0 bridgehead atoms. The molecule has 1 aliphatic rings. The van der Waals surface area contributed by atoms with E-state index in [0.29, 0.717) is 23.5 Å². The lowest BCUT2D eigenvalue weighted by atomic mass is 9.97. The van der Waals surface area contributed by atoms with Crippen LogP contribution in [0, 0.1) is 0 Å². The van der Waals surface area contributed by atoms with Crippen molar-refractivity contribution in [3.63, 3.8) is 0 Å². The van der Waals surface area contributed by atoms with Crippen LogP contribution >= 0.6 is 0 Å².